The van der Waals surface area contributed by atoms with Crippen LogP contribution in [0.25, 0.3) is 22.1 Å². The van der Waals surface area contributed by atoms with Gasteiger partial charge in [-0.2, -0.15) is 0 Å². The summed E-state index contributed by atoms with van der Waals surface area (Å²) in [5.41, 5.74) is 12.6. The Morgan fingerprint density at radius 1 is 1.03 bits per heavy atom. The number of fused-ring (bicyclic) bond motifs is 1. The van der Waals surface area contributed by atoms with Gasteiger partial charge in [-0.15, -0.1) is 0 Å². The summed E-state index contributed by atoms with van der Waals surface area (Å²) in [5, 5.41) is 0.999. The van der Waals surface area contributed by atoms with Crippen LogP contribution in [0.2, 0.25) is 0 Å². The first-order valence-electron chi connectivity index (χ1n) is 12.9. The van der Waals surface area contributed by atoms with Crippen molar-refractivity contribution in [3.63, 3.8) is 0 Å². The van der Waals surface area contributed by atoms with Crippen molar-refractivity contribution in [2.75, 3.05) is 13.7 Å². The van der Waals surface area contributed by atoms with E-state index in [1.54, 1.807) is 13.4 Å². The normalized spacial score (nSPS) is 12.5. The molecule has 0 bridgehead atoms. The molecule has 0 radical (unpaired) electrons. The third-order valence-electron chi connectivity index (χ3n) is 6.48. The Hall–Kier alpha value is -3.61. The van der Waals surface area contributed by atoms with Crippen LogP contribution in [0.5, 0.6) is 5.75 Å². The molecule has 0 saturated carbocycles. The van der Waals surface area contributed by atoms with Crippen LogP contribution in [-0.4, -0.2) is 25.8 Å². The van der Waals surface area contributed by atoms with E-state index in [4.69, 9.17) is 24.4 Å². The van der Waals surface area contributed by atoms with Crippen molar-refractivity contribution in [3.8, 4) is 16.9 Å². The molecule has 0 spiro atoms. The third kappa shape index (κ3) is 6.63. The fraction of sp³-hybridized carbons (Fsp3) is 0.344. The summed E-state index contributed by atoms with van der Waals surface area (Å²) >= 11 is 0. The maximum atomic E-state index is 12.6. The minimum absolute atomic E-state index is 0.0684. The lowest BCUT2D eigenvalue weighted by molar-refractivity contribution is -0.149. The Labute approximate surface area is 224 Å². The van der Waals surface area contributed by atoms with Crippen molar-refractivity contribution in [1.29, 1.82) is 0 Å². The van der Waals surface area contributed by atoms with Gasteiger partial charge in [-0.1, -0.05) is 51.1 Å². The molecule has 1 unspecified atom stereocenters. The van der Waals surface area contributed by atoms with E-state index in [-0.39, 0.29) is 23.9 Å². The first kappa shape index (κ1) is 27.4. The lowest BCUT2D eigenvalue weighted by atomic mass is 9.86. The fourth-order valence-electron chi connectivity index (χ4n) is 4.46. The van der Waals surface area contributed by atoms with E-state index >= 15 is 0 Å². The quantitative estimate of drug-likeness (QED) is 0.241. The highest BCUT2D eigenvalue weighted by molar-refractivity contribution is 5.93. The van der Waals surface area contributed by atoms with Gasteiger partial charge in [-0.3, -0.25) is 4.79 Å². The van der Waals surface area contributed by atoms with Crippen LogP contribution < -0.4 is 10.5 Å². The molecule has 0 aliphatic carbocycles. The van der Waals surface area contributed by atoms with Crippen LogP contribution in [0, 0.1) is 0 Å². The van der Waals surface area contributed by atoms with Gasteiger partial charge in [-0.05, 0) is 64.9 Å². The number of hydrogen-bond donors (Lipinski definition) is 1. The first-order chi connectivity index (χ1) is 18.2. The van der Waals surface area contributed by atoms with Gasteiger partial charge in [0.15, 0.2) is 0 Å². The van der Waals surface area contributed by atoms with E-state index in [1.807, 2.05) is 43.3 Å². The number of benzene rings is 3. The number of methoxy groups -OCH3 is 1. The summed E-state index contributed by atoms with van der Waals surface area (Å²) in [4.78, 5) is 12.6. The van der Waals surface area contributed by atoms with Gasteiger partial charge in [0.05, 0.1) is 19.3 Å². The molecule has 0 aliphatic heterocycles. The van der Waals surface area contributed by atoms with E-state index in [1.165, 1.54) is 0 Å². The van der Waals surface area contributed by atoms with Gasteiger partial charge in [0.1, 0.15) is 24.0 Å². The average Bonchev–Trinajstić information content (AvgIpc) is 3.35. The molecule has 1 atom stereocenters. The summed E-state index contributed by atoms with van der Waals surface area (Å²) in [6.45, 7) is 9.43. The van der Waals surface area contributed by atoms with Crippen molar-refractivity contribution in [3.05, 3.63) is 89.2 Å². The number of esters is 1. The Morgan fingerprint density at radius 2 is 1.84 bits per heavy atom. The van der Waals surface area contributed by atoms with E-state index in [0.717, 1.165) is 44.3 Å². The Morgan fingerprint density at radius 3 is 2.58 bits per heavy atom. The highest BCUT2D eigenvalue weighted by Crippen LogP contribution is 2.33. The standard InChI is InChI=1S/C32H37NO5/c1-21(19-35-5)38-30(34)16-25-9-10-27(32(2,3)4)17-29(25)37-20-23-14-26-11-12-36-31(26)28(15-23)24-8-6-7-22(13-24)18-33/h6-15,17,21H,16,18-20,33H2,1-5H3. The molecule has 1 aromatic heterocycles. The van der Waals surface area contributed by atoms with Gasteiger partial charge in [0.2, 0.25) is 0 Å². The molecule has 0 aliphatic rings. The van der Waals surface area contributed by atoms with E-state index in [0.29, 0.717) is 25.5 Å². The first-order valence-corrected chi connectivity index (χ1v) is 12.9. The number of carbonyl (C=O) groups is 1. The maximum Gasteiger partial charge on any atom is 0.310 e. The minimum Gasteiger partial charge on any atom is -0.489 e. The zero-order valence-corrected chi connectivity index (χ0v) is 22.9. The van der Waals surface area contributed by atoms with Crippen LogP contribution >= 0.6 is 0 Å². The van der Waals surface area contributed by atoms with Gasteiger partial charge < -0.3 is 24.4 Å². The molecule has 4 aromatic rings. The average molecular weight is 516 g/mol. The monoisotopic (exact) mass is 515 g/mol. The summed E-state index contributed by atoms with van der Waals surface area (Å²) in [6, 6.07) is 20.3. The van der Waals surface area contributed by atoms with Crippen molar-refractivity contribution in [1.82, 2.24) is 0 Å². The van der Waals surface area contributed by atoms with Gasteiger partial charge in [0, 0.05) is 30.2 Å². The number of hydrogen-bond acceptors (Lipinski definition) is 6. The Balaban J connectivity index is 1.63. The van der Waals surface area contributed by atoms with Crippen LogP contribution in [-0.2, 0) is 39.3 Å². The van der Waals surface area contributed by atoms with Crippen LogP contribution in [0.1, 0.15) is 49.9 Å². The summed E-state index contributed by atoms with van der Waals surface area (Å²) in [5.74, 6) is 0.359. The second-order valence-corrected chi connectivity index (χ2v) is 10.7. The van der Waals surface area contributed by atoms with Gasteiger partial charge in [-0.25, -0.2) is 0 Å². The fourth-order valence-corrected chi connectivity index (χ4v) is 4.46. The number of nitrogens with two attached hydrogens (primary N) is 1. The molecule has 1 heterocycles. The Bertz CT molecular complexity index is 1400. The molecule has 2 N–H and O–H groups in total. The van der Waals surface area contributed by atoms with E-state index in [9.17, 15) is 4.79 Å². The predicted octanol–water partition coefficient (Wildman–Crippen LogP) is 6.56. The Kier molecular flexibility index (Phi) is 8.55. The lowest BCUT2D eigenvalue weighted by Crippen LogP contribution is -2.21. The largest absolute Gasteiger partial charge is 0.489 e. The van der Waals surface area contributed by atoms with Crippen LogP contribution in [0.3, 0.4) is 0 Å². The molecule has 3 aromatic carbocycles. The second kappa shape index (κ2) is 11.8. The van der Waals surface area contributed by atoms with Gasteiger partial charge >= 0.3 is 5.97 Å². The molecule has 4 rings (SSSR count). The summed E-state index contributed by atoms with van der Waals surface area (Å²) in [6.07, 6.45) is 1.50. The van der Waals surface area contributed by atoms with E-state index in [2.05, 4.69) is 45.0 Å². The SMILES string of the molecule is COCC(C)OC(=O)Cc1ccc(C(C)(C)C)cc1OCc1cc(-c2cccc(CN)c2)c2occc2c1. The third-order valence-corrected chi connectivity index (χ3v) is 6.48. The zero-order chi connectivity index (χ0) is 27.3. The van der Waals surface area contributed by atoms with Crippen molar-refractivity contribution in [2.24, 2.45) is 5.73 Å². The van der Waals surface area contributed by atoms with Crippen LogP contribution in [0.4, 0.5) is 0 Å². The molecule has 0 fully saturated rings. The molecule has 38 heavy (non-hydrogen) atoms. The highest BCUT2D eigenvalue weighted by Gasteiger charge is 2.19. The maximum absolute atomic E-state index is 12.6. The number of rotatable bonds is 10. The molecule has 0 amide bonds. The zero-order valence-electron chi connectivity index (χ0n) is 22.9. The summed E-state index contributed by atoms with van der Waals surface area (Å²) in [7, 11) is 1.59. The number of carbonyl (C=O) groups excluding carboxylic acids is 1. The van der Waals surface area contributed by atoms with Crippen molar-refractivity contribution < 1.29 is 23.4 Å². The second-order valence-electron chi connectivity index (χ2n) is 10.7. The summed E-state index contributed by atoms with van der Waals surface area (Å²) < 4.78 is 22.8. The van der Waals surface area contributed by atoms with Crippen LogP contribution in [0.15, 0.2) is 71.3 Å². The molecular formula is C32H37NO5. The topological polar surface area (TPSA) is 83.9 Å². The smallest absolute Gasteiger partial charge is 0.310 e. The minimum atomic E-state index is -0.316. The van der Waals surface area contributed by atoms with E-state index < -0.39 is 0 Å². The lowest BCUT2D eigenvalue weighted by Gasteiger charge is -2.22. The van der Waals surface area contributed by atoms with Gasteiger partial charge in [0.25, 0.3) is 0 Å². The molecule has 0 saturated heterocycles. The molecule has 6 nitrogen and oxygen atoms in total. The predicted molar refractivity (Wildman–Crippen MR) is 150 cm³/mol. The number of ether oxygens (including phenoxy) is 3. The highest BCUT2D eigenvalue weighted by atomic mass is 16.6. The molecular weight excluding hydrogens is 478 g/mol. The number of furan rings is 1. The molecule has 6 heteroatoms. The molecule has 200 valence electrons. The van der Waals surface area contributed by atoms with Crippen molar-refractivity contribution >= 4 is 16.9 Å². The van der Waals surface area contributed by atoms with Crippen molar-refractivity contribution in [2.45, 2.75) is 58.8 Å².